The van der Waals surface area contributed by atoms with Crippen molar-refractivity contribution >= 4 is 0 Å². The predicted octanol–water partition coefficient (Wildman–Crippen LogP) is 2.30. The number of rotatable bonds is 7. The summed E-state index contributed by atoms with van der Waals surface area (Å²) in [6, 6.07) is 6.82. The molecular weight excluding hydrogens is 286 g/mol. The largest absolute Gasteiger partial charge is 0.337 e. The number of likely N-dealkylation sites (N-methyl/N-ethyl adjacent to an activating group) is 1. The maximum Gasteiger partial charge on any atom is 0.0945 e. The number of aryl methyl sites for hydroxylation is 1. The van der Waals surface area contributed by atoms with Gasteiger partial charge in [-0.15, -0.1) is 0 Å². The van der Waals surface area contributed by atoms with Crippen molar-refractivity contribution in [3.8, 4) is 0 Å². The van der Waals surface area contributed by atoms with Gasteiger partial charge in [-0.2, -0.15) is 0 Å². The van der Waals surface area contributed by atoms with E-state index in [2.05, 4.69) is 50.4 Å². The van der Waals surface area contributed by atoms with Crippen molar-refractivity contribution < 1.29 is 0 Å². The Labute approximate surface area is 139 Å². The fourth-order valence-corrected chi connectivity index (χ4v) is 3.49. The Bertz CT molecular complexity index is 594. The maximum atomic E-state index is 4.51. The van der Waals surface area contributed by atoms with Gasteiger partial charge in [-0.05, 0) is 38.1 Å². The van der Waals surface area contributed by atoms with Gasteiger partial charge in [0, 0.05) is 45.1 Å². The summed E-state index contributed by atoms with van der Waals surface area (Å²) in [6.45, 7) is 7.55. The number of nitrogens with zero attached hydrogens (tertiary/aromatic N) is 5. The SMILES string of the molecule is CCN1CCCC1CN(Cc1ccccn1)Cc1cncn1C. The average molecular weight is 313 g/mol. The second kappa shape index (κ2) is 7.70. The number of hydrogen-bond acceptors (Lipinski definition) is 4. The van der Waals surface area contributed by atoms with Crippen molar-refractivity contribution in [1.82, 2.24) is 24.3 Å². The first-order valence-corrected chi connectivity index (χ1v) is 8.57. The maximum absolute atomic E-state index is 4.51. The number of pyridine rings is 1. The third-order valence-electron chi connectivity index (χ3n) is 4.79. The molecule has 23 heavy (non-hydrogen) atoms. The molecule has 5 heteroatoms. The summed E-state index contributed by atoms with van der Waals surface area (Å²) in [5, 5.41) is 0. The molecule has 0 spiro atoms. The molecule has 0 aliphatic carbocycles. The van der Waals surface area contributed by atoms with E-state index in [9.17, 15) is 0 Å². The van der Waals surface area contributed by atoms with E-state index < -0.39 is 0 Å². The lowest BCUT2D eigenvalue weighted by Gasteiger charge is -2.30. The predicted molar refractivity (Wildman–Crippen MR) is 91.8 cm³/mol. The van der Waals surface area contributed by atoms with Gasteiger partial charge in [0.1, 0.15) is 0 Å². The molecule has 0 bridgehead atoms. The van der Waals surface area contributed by atoms with Crippen LogP contribution in [0.4, 0.5) is 0 Å². The molecule has 1 unspecified atom stereocenters. The number of hydrogen-bond donors (Lipinski definition) is 0. The Morgan fingerprint density at radius 3 is 2.91 bits per heavy atom. The summed E-state index contributed by atoms with van der Waals surface area (Å²) < 4.78 is 2.11. The van der Waals surface area contributed by atoms with Crippen molar-refractivity contribution in [3.63, 3.8) is 0 Å². The first kappa shape index (κ1) is 16.1. The molecule has 0 radical (unpaired) electrons. The first-order valence-electron chi connectivity index (χ1n) is 8.57. The molecule has 124 valence electrons. The minimum atomic E-state index is 0.664. The second-order valence-corrected chi connectivity index (χ2v) is 6.41. The van der Waals surface area contributed by atoms with Gasteiger partial charge < -0.3 is 4.57 Å². The van der Waals surface area contributed by atoms with Crippen LogP contribution in [0.1, 0.15) is 31.2 Å². The molecule has 1 aliphatic rings. The highest BCUT2D eigenvalue weighted by atomic mass is 15.2. The normalized spacial score (nSPS) is 18.8. The molecule has 5 nitrogen and oxygen atoms in total. The molecule has 3 rings (SSSR count). The molecule has 0 amide bonds. The Kier molecular flexibility index (Phi) is 5.41. The molecule has 1 saturated heterocycles. The van der Waals surface area contributed by atoms with Crippen molar-refractivity contribution in [2.45, 2.75) is 38.9 Å². The average Bonchev–Trinajstić information content (AvgIpc) is 3.17. The van der Waals surface area contributed by atoms with E-state index in [1.165, 1.54) is 25.1 Å². The lowest BCUT2D eigenvalue weighted by molar-refractivity contribution is 0.162. The molecule has 0 aromatic carbocycles. The summed E-state index contributed by atoms with van der Waals surface area (Å²) in [5.74, 6) is 0. The number of imidazole rings is 1. The Hall–Kier alpha value is -1.72. The Morgan fingerprint density at radius 2 is 2.22 bits per heavy atom. The van der Waals surface area contributed by atoms with Crippen molar-refractivity contribution in [3.05, 3.63) is 48.3 Å². The zero-order valence-electron chi connectivity index (χ0n) is 14.2. The van der Waals surface area contributed by atoms with Crippen LogP contribution in [0.25, 0.3) is 0 Å². The van der Waals surface area contributed by atoms with E-state index in [0.29, 0.717) is 6.04 Å². The molecule has 1 atom stereocenters. The van der Waals surface area contributed by atoms with Crippen LogP contribution in [0.2, 0.25) is 0 Å². The van der Waals surface area contributed by atoms with Crippen LogP contribution >= 0.6 is 0 Å². The molecule has 3 heterocycles. The summed E-state index contributed by atoms with van der Waals surface area (Å²) in [4.78, 5) is 13.9. The minimum absolute atomic E-state index is 0.664. The molecule has 2 aromatic rings. The fraction of sp³-hybridized carbons (Fsp3) is 0.556. The first-order chi connectivity index (χ1) is 11.3. The van der Waals surface area contributed by atoms with Crippen LogP contribution in [0.3, 0.4) is 0 Å². The second-order valence-electron chi connectivity index (χ2n) is 6.41. The molecule has 0 N–H and O–H groups in total. The van der Waals surface area contributed by atoms with E-state index in [0.717, 1.165) is 31.9 Å². The summed E-state index contributed by atoms with van der Waals surface area (Å²) in [7, 11) is 2.06. The lowest BCUT2D eigenvalue weighted by Crippen LogP contribution is -2.40. The van der Waals surface area contributed by atoms with E-state index in [1.807, 2.05) is 24.8 Å². The topological polar surface area (TPSA) is 37.2 Å². The van der Waals surface area contributed by atoms with Gasteiger partial charge in [0.05, 0.1) is 17.7 Å². The van der Waals surface area contributed by atoms with Gasteiger partial charge in [-0.1, -0.05) is 13.0 Å². The van der Waals surface area contributed by atoms with Crippen LogP contribution < -0.4 is 0 Å². The van der Waals surface area contributed by atoms with Crippen LogP contribution in [-0.4, -0.2) is 50.0 Å². The van der Waals surface area contributed by atoms with E-state index in [4.69, 9.17) is 0 Å². The highest BCUT2D eigenvalue weighted by Gasteiger charge is 2.25. The minimum Gasteiger partial charge on any atom is -0.337 e. The third-order valence-corrected chi connectivity index (χ3v) is 4.79. The monoisotopic (exact) mass is 313 g/mol. The van der Waals surface area contributed by atoms with Crippen molar-refractivity contribution in [2.24, 2.45) is 7.05 Å². The Balaban J connectivity index is 1.71. The smallest absolute Gasteiger partial charge is 0.0945 e. The van der Waals surface area contributed by atoms with Gasteiger partial charge in [-0.3, -0.25) is 14.8 Å². The lowest BCUT2D eigenvalue weighted by atomic mass is 10.2. The molecule has 0 saturated carbocycles. The van der Waals surface area contributed by atoms with E-state index in [1.54, 1.807) is 0 Å². The highest BCUT2D eigenvalue weighted by Crippen LogP contribution is 2.19. The number of aromatic nitrogens is 3. The van der Waals surface area contributed by atoms with Crippen molar-refractivity contribution in [1.29, 1.82) is 0 Å². The van der Waals surface area contributed by atoms with Gasteiger partial charge >= 0.3 is 0 Å². The van der Waals surface area contributed by atoms with Crippen LogP contribution in [0.5, 0.6) is 0 Å². The fourth-order valence-electron chi connectivity index (χ4n) is 3.49. The molecular formula is C18H27N5. The van der Waals surface area contributed by atoms with Gasteiger partial charge in [0.25, 0.3) is 0 Å². The molecule has 2 aromatic heterocycles. The quantitative estimate of drug-likeness (QED) is 0.786. The van der Waals surface area contributed by atoms with Gasteiger partial charge in [-0.25, -0.2) is 4.98 Å². The number of likely N-dealkylation sites (tertiary alicyclic amines) is 1. The van der Waals surface area contributed by atoms with Crippen molar-refractivity contribution in [2.75, 3.05) is 19.6 Å². The van der Waals surface area contributed by atoms with E-state index >= 15 is 0 Å². The van der Waals surface area contributed by atoms with Gasteiger partial charge in [0.2, 0.25) is 0 Å². The van der Waals surface area contributed by atoms with Gasteiger partial charge in [0.15, 0.2) is 0 Å². The zero-order valence-corrected chi connectivity index (χ0v) is 14.2. The molecule has 1 fully saturated rings. The van der Waals surface area contributed by atoms with E-state index in [-0.39, 0.29) is 0 Å². The summed E-state index contributed by atoms with van der Waals surface area (Å²) in [6.07, 6.45) is 8.35. The van der Waals surface area contributed by atoms with Crippen LogP contribution in [0.15, 0.2) is 36.9 Å². The summed E-state index contributed by atoms with van der Waals surface area (Å²) in [5.41, 5.74) is 2.39. The van der Waals surface area contributed by atoms with Crippen LogP contribution in [-0.2, 0) is 20.1 Å². The zero-order chi connectivity index (χ0) is 16.1. The highest BCUT2D eigenvalue weighted by molar-refractivity contribution is 5.05. The summed E-state index contributed by atoms with van der Waals surface area (Å²) >= 11 is 0. The third kappa shape index (κ3) is 4.18. The Morgan fingerprint density at radius 1 is 1.30 bits per heavy atom. The van der Waals surface area contributed by atoms with Crippen LogP contribution in [0, 0.1) is 0 Å². The molecule has 1 aliphatic heterocycles. The standard InChI is InChI=1S/C18H27N5/c1-3-23-10-6-8-17(23)13-22(12-16-7-4-5-9-20-16)14-18-11-19-15-21(18)2/h4-5,7,9,11,15,17H,3,6,8,10,12-14H2,1-2H3.